The molecule has 0 amide bonds. The zero-order valence-corrected chi connectivity index (χ0v) is 29.1. The second-order valence-corrected chi connectivity index (χ2v) is 14.2. The first-order chi connectivity index (χ1) is 26.1. The second-order valence-electron chi connectivity index (χ2n) is 14.2. The van der Waals surface area contributed by atoms with E-state index in [0.717, 1.165) is 33.6 Å². The summed E-state index contributed by atoms with van der Waals surface area (Å²) in [6.45, 7) is 6.29. The molecule has 1 aliphatic heterocycles. The number of para-hydroxylation sites is 1. The second kappa shape index (κ2) is 11.1. The first-order valence-electron chi connectivity index (χ1n) is 18.1. The number of anilines is 3. The molecule has 8 aromatic carbocycles. The van der Waals surface area contributed by atoms with Gasteiger partial charge in [0.2, 0.25) is 0 Å². The lowest BCUT2D eigenvalue weighted by Gasteiger charge is -2.32. The van der Waals surface area contributed by atoms with Crippen LogP contribution in [0.25, 0.3) is 38.6 Å². The van der Waals surface area contributed by atoms with Gasteiger partial charge in [0.15, 0.2) is 23.0 Å². The number of hydrogen-bond donors (Lipinski definition) is 0. The highest BCUT2D eigenvalue weighted by molar-refractivity contribution is 5.96. The minimum Gasteiger partial charge on any atom is -0.449 e. The summed E-state index contributed by atoms with van der Waals surface area (Å²) in [6, 6.07) is 60.7. The highest BCUT2D eigenvalue weighted by Crippen LogP contribution is 2.65. The largest absolute Gasteiger partial charge is 0.449 e. The molecule has 0 saturated heterocycles. The van der Waals surface area contributed by atoms with Crippen LogP contribution in [0.3, 0.4) is 0 Å². The number of benzene rings is 8. The van der Waals surface area contributed by atoms with Crippen molar-refractivity contribution in [2.75, 3.05) is 4.90 Å². The average Bonchev–Trinajstić information content (AvgIpc) is 3.66. The fourth-order valence-electron chi connectivity index (χ4n) is 9.00. The molecule has 0 fully saturated rings. The van der Waals surface area contributed by atoms with Crippen molar-refractivity contribution in [2.24, 2.45) is 0 Å². The van der Waals surface area contributed by atoms with Crippen LogP contribution in [-0.4, -0.2) is 0 Å². The summed E-state index contributed by atoms with van der Waals surface area (Å²) in [7, 11) is 0. The van der Waals surface area contributed by atoms with E-state index in [1.165, 1.54) is 49.9 Å². The third-order valence-electron chi connectivity index (χ3n) is 11.3. The molecule has 0 N–H and O–H groups in total. The summed E-state index contributed by atoms with van der Waals surface area (Å²) in [4.78, 5) is 2.26. The maximum Gasteiger partial charge on any atom is 0.194 e. The fourth-order valence-corrected chi connectivity index (χ4v) is 9.00. The van der Waals surface area contributed by atoms with Crippen LogP contribution in [0, 0.1) is 0 Å². The Morgan fingerprint density at radius 1 is 0.472 bits per heavy atom. The number of rotatable bonds is 4. The Bertz CT molecular complexity index is 2800. The molecule has 0 saturated carbocycles. The zero-order valence-electron chi connectivity index (χ0n) is 29.1. The van der Waals surface area contributed by atoms with Crippen molar-refractivity contribution < 1.29 is 9.47 Å². The van der Waals surface area contributed by atoms with Gasteiger partial charge in [-0.2, -0.15) is 0 Å². The van der Waals surface area contributed by atoms with Gasteiger partial charge < -0.3 is 14.4 Å². The molecule has 0 atom stereocenters. The number of ether oxygens (including phenoxy) is 2. The lowest BCUT2D eigenvalue weighted by Crippen LogP contribution is -2.25. The van der Waals surface area contributed by atoms with E-state index >= 15 is 0 Å². The van der Waals surface area contributed by atoms with E-state index in [-0.39, 0.29) is 0 Å². The molecule has 11 rings (SSSR count). The van der Waals surface area contributed by atoms with Crippen molar-refractivity contribution >= 4 is 33.4 Å². The van der Waals surface area contributed by atoms with Crippen molar-refractivity contribution in [1.29, 1.82) is 0 Å². The third kappa shape index (κ3) is 4.16. The Morgan fingerprint density at radius 3 is 1.79 bits per heavy atom. The maximum atomic E-state index is 7.12. The van der Waals surface area contributed by atoms with Crippen LogP contribution in [0.4, 0.5) is 17.1 Å². The van der Waals surface area contributed by atoms with E-state index < -0.39 is 5.41 Å². The van der Waals surface area contributed by atoms with Crippen LogP contribution in [0.15, 0.2) is 176 Å². The number of hydrogen-bond acceptors (Lipinski definition) is 3. The Kier molecular flexibility index (Phi) is 6.24. The molecule has 3 heteroatoms. The van der Waals surface area contributed by atoms with Crippen LogP contribution >= 0.6 is 0 Å². The smallest absolute Gasteiger partial charge is 0.194 e. The van der Waals surface area contributed by atoms with E-state index in [2.05, 4.69) is 169 Å². The van der Waals surface area contributed by atoms with Crippen LogP contribution in [0.5, 0.6) is 23.0 Å². The summed E-state index contributed by atoms with van der Waals surface area (Å²) in [5.41, 5.74) is 14.6. The summed E-state index contributed by atoms with van der Waals surface area (Å²) in [5.74, 6) is 2.76. The normalized spacial score (nSPS) is 13.5. The van der Waals surface area contributed by atoms with Gasteiger partial charge in [0.1, 0.15) is 0 Å². The zero-order chi connectivity index (χ0) is 35.3. The Balaban J connectivity index is 1.12. The summed E-state index contributed by atoms with van der Waals surface area (Å²) in [6.07, 6.45) is 0. The van der Waals surface area contributed by atoms with Gasteiger partial charge in [0.25, 0.3) is 0 Å². The molecule has 0 radical (unpaired) electrons. The highest BCUT2D eigenvalue weighted by Gasteiger charge is 2.52. The van der Waals surface area contributed by atoms with Crippen LogP contribution in [0.1, 0.15) is 34.7 Å². The van der Waals surface area contributed by atoms with E-state index in [0.29, 0.717) is 23.0 Å². The van der Waals surface area contributed by atoms with E-state index in [9.17, 15) is 0 Å². The average molecular weight is 680 g/mol. The maximum absolute atomic E-state index is 7.12. The van der Waals surface area contributed by atoms with Crippen molar-refractivity contribution in [3.05, 3.63) is 204 Å². The molecule has 250 valence electrons. The van der Waals surface area contributed by atoms with E-state index in [1.54, 1.807) is 0 Å². The fraction of sp³-hybridized carbons (Fsp3) is 0.0400. The number of nitrogens with zero attached hydrogens (tertiary/aromatic N) is 1. The monoisotopic (exact) mass is 679 g/mol. The minimum atomic E-state index is -0.475. The molecular weight excluding hydrogens is 647 g/mol. The molecule has 1 spiro atoms. The van der Waals surface area contributed by atoms with Crippen LogP contribution in [0.2, 0.25) is 0 Å². The molecule has 8 aromatic rings. The standard InChI is InChI=1S/C50H33NO2/c1-31(2)33-15-11-16-35(27-33)51(36-26-25-32-13-3-4-14-34(32)28-36)45-23-12-24-46-49(45)53-48-30-44-40(29-47(48)52-46)39-19-7-10-22-43(39)50(44)41-20-8-5-17-37(41)38-18-6-9-21-42(38)50/h3-30H,1H2,2H3. The molecule has 0 bridgehead atoms. The van der Waals surface area contributed by atoms with Crippen LogP contribution in [-0.2, 0) is 5.41 Å². The summed E-state index contributed by atoms with van der Waals surface area (Å²) in [5, 5.41) is 2.35. The molecule has 0 unspecified atom stereocenters. The Morgan fingerprint density at radius 2 is 1.08 bits per heavy atom. The molecular formula is C50H33NO2. The number of fused-ring (bicyclic) bond motifs is 13. The predicted molar refractivity (Wildman–Crippen MR) is 216 cm³/mol. The lowest BCUT2D eigenvalue weighted by molar-refractivity contribution is 0.360. The first kappa shape index (κ1) is 29.8. The van der Waals surface area contributed by atoms with Gasteiger partial charge >= 0.3 is 0 Å². The Labute approximate surface area is 308 Å². The van der Waals surface area contributed by atoms with Gasteiger partial charge in [-0.15, -0.1) is 0 Å². The van der Waals surface area contributed by atoms with Gasteiger partial charge in [-0.25, -0.2) is 0 Å². The SMILES string of the molecule is C=C(C)c1cccc(N(c2ccc3ccccc3c2)c2cccc3c2Oc2cc4c(cc2O3)-c2ccccc2C42c3ccccc3-c3ccccc32)c1. The van der Waals surface area contributed by atoms with Crippen LogP contribution < -0.4 is 14.4 Å². The Hall–Kier alpha value is -6.84. The highest BCUT2D eigenvalue weighted by atomic mass is 16.6. The minimum absolute atomic E-state index is 0.475. The van der Waals surface area contributed by atoms with Gasteiger partial charge in [-0.3, -0.25) is 0 Å². The van der Waals surface area contributed by atoms with Crippen molar-refractivity contribution in [2.45, 2.75) is 12.3 Å². The van der Waals surface area contributed by atoms with E-state index in [1.807, 2.05) is 19.1 Å². The lowest BCUT2D eigenvalue weighted by atomic mass is 9.70. The molecule has 2 aliphatic carbocycles. The molecule has 53 heavy (non-hydrogen) atoms. The first-order valence-corrected chi connectivity index (χ1v) is 18.1. The van der Waals surface area contributed by atoms with Crippen molar-refractivity contribution in [3.63, 3.8) is 0 Å². The topological polar surface area (TPSA) is 21.7 Å². The predicted octanol–water partition coefficient (Wildman–Crippen LogP) is 13.6. The van der Waals surface area contributed by atoms with Gasteiger partial charge in [-0.1, -0.05) is 133 Å². The van der Waals surface area contributed by atoms with Gasteiger partial charge in [-0.05, 0) is 116 Å². The van der Waals surface area contributed by atoms with Gasteiger partial charge in [0, 0.05) is 11.4 Å². The molecule has 3 nitrogen and oxygen atoms in total. The molecule has 3 aliphatic rings. The van der Waals surface area contributed by atoms with Crippen molar-refractivity contribution in [3.8, 4) is 45.3 Å². The number of allylic oxidation sites excluding steroid dienone is 1. The summed E-state index contributed by atoms with van der Waals surface area (Å²) < 4.78 is 14.0. The molecule has 1 heterocycles. The van der Waals surface area contributed by atoms with E-state index in [4.69, 9.17) is 9.47 Å². The quantitative estimate of drug-likeness (QED) is 0.185. The summed E-state index contributed by atoms with van der Waals surface area (Å²) >= 11 is 0. The van der Waals surface area contributed by atoms with Crippen molar-refractivity contribution in [1.82, 2.24) is 0 Å². The third-order valence-corrected chi connectivity index (χ3v) is 11.3. The van der Waals surface area contributed by atoms with Gasteiger partial charge in [0.05, 0.1) is 11.1 Å². The molecule has 0 aromatic heterocycles.